The second-order valence-corrected chi connectivity index (χ2v) is 7.71. The number of rotatable bonds is 8. The van der Waals surface area contributed by atoms with Gasteiger partial charge in [0.25, 0.3) is 0 Å². The summed E-state index contributed by atoms with van der Waals surface area (Å²) in [6, 6.07) is 1.40. The maximum absolute atomic E-state index is 4.46. The van der Waals surface area contributed by atoms with Gasteiger partial charge in [-0.3, -0.25) is 0 Å². The molecule has 0 saturated heterocycles. The molecule has 0 bridgehead atoms. The fourth-order valence-corrected chi connectivity index (χ4v) is 3.76. The van der Waals surface area contributed by atoms with Crippen molar-refractivity contribution in [2.24, 2.45) is 5.92 Å². The maximum Gasteiger partial charge on any atom is 0.191 e. The summed E-state index contributed by atoms with van der Waals surface area (Å²) in [6.07, 6.45) is 8.11. The Labute approximate surface area is 125 Å². The Bertz CT molecular complexity index is 474. The van der Waals surface area contributed by atoms with Crippen LogP contribution in [0.15, 0.2) is 5.16 Å². The van der Waals surface area contributed by atoms with Gasteiger partial charge in [0.1, 0.15) is 5.82 Å². The normalized spacial score (nSPS) is 24.1. The van der Waals surface area contributed by atoms with Crippen LogP contribution in [-0.4, -0.2) is 33.1 Å². The molecule has 0 aromatic carbocycles. The first-order chi connectivity index (χ1) is 9.83. The minimum absolute atomic E-state index is 0.693. The van der Waals surface area contributed by atoms with Crippen LogP contribution < -0.4 is 5.32 Å². The lowest BCUT2D eigenvalue weighted by molar-refractivity contribution is 0.514. The molecule has 20 heavy (non-hydrogen) atoms. The average molecular weight is 292 g/mol. The molecular weight excluding hydrogens is 268 g/mol. The van der Waals surface area contributed by atoms with E-state index in [2.05, 4.69) is 27.0 Å². The number of aromatic nitrogens is 3. The van der Waals surface area contributed by atoms with Gasteiger partial charge in [-0.2, -0.15) is 0 Å². The molecule has 1 aromatic rings. The molecule has 0 radical (unpaired) electrons. The fraction of sp³-hybridized carbons (Fsp3) is 0.867. The summed E-state index contributed by atoms with van der Waals surface area (Å²) in [7, 11) is 0. The zero-order valence-corrected chi connectivity index (χ0v) is 13.0. The minimum atomic E-state index is 0.693. The van der Waals surface area contributed by atoms with Crippen LogP contribution in [-0.2, 0) is 0 Å². The Balaban J connectivity index is 1.31. The highest BCUT2D eigenvalue weighted by Gasteiger charge is 2.36. The Morgan fingerprint density at radius 3 is 2.65 bits per heavy atom. The molecule has 5 heteroatoms. The quantitative estimate of drug-likeness (QED) is 0.591. The number of nitrogens with zero attached hydrogens (tertiary/aromatic N) is 3. The largest absolute Gasteiger partial charge is 0.313 e. The van der Waals surface area contributed by atoms with E-state index in [4.69, 9.17) is 0 Å². The van der Waals surface area contributed by atoms with Gasteiger partial charge < -0.3 is 9.88 Å². The molecule has 3 aliphatic carbocycles. The van der Waals surface area contributed by atoms with E-state index in [1.54, 1.807) is 0 Å². The lowest BCUT2D eigenvalue weighted by atomic mass is 10.2. The molecule has 3 fully saturated rings. The number of nitrogens with one attached hydrogen (secondary N) is 1. The van der Waals surface area contributed by atoms with Crippen LogP contribution in [0.1, 0.15) is 63.2 Å². The molecule has 1 N–H and O–H groups in total. The third kappa shape index (κ3) is 2.89. The first-order valence-corrected chi connectivity index (χ1v) is 9.12. The average Bonchev–Trinajstić information content (AvgIpc) is 3.31. The van der Waals surface area contributed by atoms with E-state index in [-0.39, 0.29) is 0 Å². The van der Waals surface area contributed by atoms with E-state index in [9.17, 15) is 0 Å². The van der Waals surface area contributed by atoms with Gasteiger partial charge in [-0.1, -0.05) is 11.8 Å². The SMILES string of the molecule is CC(NCCSc1nnc(C2CC2)n1C1CC1)C1CC1. The highest BCUT2D eigenvalue weighted by Crippen LogP contribution is 2.45. The molecule has 3 saturated carbocycles. The zero-order valence-electron chi connectivity index (χ0n) is 12.2. The molecule has 0 aliphatic heterocycles. The first-order valence-electron chi connectivity index (χ1n) is 8.14. The second kappa shape index (κ2) is 5.34. The first kappa shape index (κ1) is 13.1. The van der Waals surface area contributed by atoms with Gasteiger partial charge >= 0.3 is 0 Å². The minimum Gasteiger partial charge on any atom is -0.313 e. The molecule has 0 amide bonds. The van der Waals surface area contributed by atoms with Crippen LogP contribution >= 0.6 is 11.8 Å². The highest BCUT2D eigenvalue weighted by atomic mass is 32.2. The molecule has 1 unspecified atom stereocenters. The van der Waals surface area contributed by atoms with Crippen molar-refractivity contribution in [3.8, 4) is 0 Å². The van der Waals surface area contributed by atoms with Gasteiger partial charge in [-0.05, 0) is 51.4 Å². The van der Waals surface area contributed by atoms with Crippen molar-refractivity contribution in [2.75, 3.05) is 12.3 Å². The predicted molar refractivity (Wildman–Crippen MR) is 81.2 cm³/mol. The van der Waals surface area contributed by atoms with Crippen molar-refractivity contribution in [1.29, 1.82) is 0 Å². The van der Waals surface area contributed by atoms with E-state index in [0.29, 0.717) is 18.0 Å². The van der Waals surface area contributed by atoms with Crippen molar-refractivity contribution in [1.82, 2.24) is 20.1 Å². The molecule has 1 aromatic heterocycles. The Hall–Kier alpha value is -0.550. The number of hydrogen-bond acceptors (Lipinski definition) is 4. The smallest absolute Gasteiger partial charge is 0.191 e. The monoisotopic (exact) mass is 292 g/mol. The summed E-state index contributed by atoms with van der Waals surface area (Å²) >= 11 is 1.88. The molecule has 1 atom stereocenters. The Kier molecular flexibility index (Phi) is 3.50. The number of hydrogen-bond donors (Lipinski definition) is 1. The molecule has 0 spiro atoms. The summed E-state index contributed by atoms with van der Waals surface area (Å²) in [4.78, 5) is 0. The van der Waals surface area contributed by atoms with E-state index in [1.807, 2.05) is 11.8 Å². The summed E-state index contributed by atoms with van der Waals surface area (Å²) < 4.78 is 2.45. The molecular formula is C15H24N4S. The molecule has 1 heterocycles. The van der Waals surface area contributed by atoms with Gasteiger partial charge in [-0.25, -0.2) is 0 Å². The van der Waals surface area contributed by atoms with Crippen molar-refractivity contribution < 1.29 is 0 Å². The van der Waals surface area contributed by atoms with Crippen LogP contribution in [0, 0.1) is 5.92 Å². The van der Waals surface area contributed by atoms with Gasteiger partial charge in [0.2, 0.25) is 0 Å². The van der Waals surface area contributed by atoms with Gasteiger partial charge in [0.15, 0.2) is 5.16 Å². The topological polar surface area (TPSA) is 42.7 Å². The second-order valence-electron chi connectivity index (χ2n) is 6.64. The Morgan fingerprint density at radius 1 is 1.20 bits per heavy atom. The van der Waals surface area contributed by atoms with E-state index in [1.165, 1.54) is 44.3 Å². The van der Waals surface area contributed by atoms with Crippen molar-refractivity contribution in [2.45, 2.75) is 68.6 Å². The maximum atomic E-state index is 4.46. The van der Waals surface area contributed by atoms with Crippen LogP contribution in [0.25, 0.3) is 0 Å². The van der Waals surface area contributed by atoms with Crippen LogP contribution in [0.4, 0.5) is 0 Å². The summed E-state index contributed by atoms with van der Waals surface area (Å²) in [6.45, 7) is 3.40. The Morgan fingerprint density at radius 2 is 2.00 bits per heavy atom. The lowest BCUT2D eigenvalue weighted by Crippen LogP contribution is -2.29. The number of thioether (sulfide) groups is 1. The van der Waals surface area contributed by atoms with Crippen molar-refractivity contribution >= 4 is 11.8 Å². The molecule has 110 valence electrons. The van der Waals surface area contributed by atoms with Gasteiger partial charge in [0, 0.05) is 30.3 Å². The predicted octanol–water partition coefficient (Wildman–Crippen LogP) is 2.97. The summed E-state index contributed by atoms with van der Waals surface area (Å²) in [5.74, 6) is 4.03. The zero-order chi connectivity index (χ0) is 13.5. The third-order valence-corrected chi connectivity index (χ3v) is 5.62. The van der Waals surface area contributed by atoms with Gasteiger partial charge in [-0.15, -0.1) is 10.2 Å². The van der Waals surface area contributed by atoms with Crippen LogP contribution in [0.5, 0.6) is 0 Å². The standard InChI is InChI=1S/C15H24N4S/c1-10(11-2-3-11)16-8-9-20-15-18-17-14(12-4-5-12)19(15)13-6-7-13/h10-13,16H,2-9H2,1H3. The highest BCUT2D eigenvalue weighted by molar-refractivity contribution is 7.99. The summed E-state index contributed by atoms with van der Waals surface area (Å²) in [5, 5.41) is 13.7. The molecule has 4 nitrogen and oxygen atoms in total. The van der Waals surface area contributed by atoms with Crippen molar-refractivity contribution in [3.63, 3.8) is 0 Å². The van der Waals surface area contributed by atoms with Gasteiger partial charge in [0.05, 0.1) is 0 Å². The summed E-state index contributed by atoms with van der Waals surface area (Å²) in [5.41, 5.74) is 0. The lowest BCUT2D eigenvalue weighted by Gasteiger charge is -2.12. The molecule has 4 rings (SSSR count). The van der Waals surface area contributed by atoms with Crippen LogP contribution in [0.2, 0.25) is 0 Å². The van der Waals surface area contributed by atoms with E-state index < -0.39 is 0 Å². The molecule has 3 aliphatic rings. The van der Waals surface area contributed by atoms with Crippen LogP contribution in [0.3, 0.4) is 0 Å². The van der Waals surface area contributed by atoms with E-state index in [0.717, 1.165) is 23.4 Å². The van der Waals surface area contributed by atoms with Crippen molar-refractivity contribution in [3.05, 3.63) is 5.82 Å². The third-order valence-electron chi connectivity index (χ3n) is 4.67. The van der Waals surface area contributed by atoms with E-state index >= 15 is 0 Å². The fourth-order valence-electron chi connectivity index (χ4n) is 2.87.